The normalized spacial score (nSPS) is 29.1. The van der Waals surface area contributed by atoms with Crippen molar-refractivity contribution in [2.24, 2.45) is 5.92 Å². The number of carboxylic acid groups (broad SMARTS) is 2. The van der Waals surface area contributed by atoms with Gasteiger partial charge in [0.15, 0.2) is 5.69 Å². The smallest absolute Gasteiger partial charge is 0.481 e. The van der Waals surface area contributed by atoms with E-state index >= 15 is 0 Å². The lowest BCUT2D eigenvalue weighted by molar-refractivity contribution is -0.158. The van der Waals surface area contributed by atoms with E-state index in [1.54, 1.807) is 0 Å². The van der Waals surface area contributed by atoms with Gasteiger partial charge in [-0.1, -0.05) is 22.8 Å². The number of carbonyl (C=O) groups excluding carboxylic acids is 1. The van der Waals surface area contributed by atoms with Gasteiger partial charge in [0.05, 0.1) is 12.5 Å². The fourth-order valence-electron chi connectivity index (χ4n) is 4.66. The molecule has 3 aliphatic rings. The van der Waals surface area contributed by atoms with E-state index in [1.807, 2.05) is 24.3 Å². The molecule has 138 valence electrons. The second-order valence-corrected chi connectivity index (χ2v) is 7.57. The highest BCUT2D eigenvalue weighted by molar-refractivity contribution is 5.90. The van der Waals surface area contributed by atoms with Crippen LogP contribution in [0.1, 0.15) is 44.1 Å². The topological polar surface area (TPSA) is 94.9 Å². The molecule has 2 saturated carbocycles. The number of quaternary nitrogens is 1. The summed E-state index contributed by atoms with van der Waals surface area (Å²) in [6.45, 7) is 0. The summed E-state index contributed by atoms with van der Waals surface area (Å²) in [4.78, 5) is 36.7. The maximum Gasteiger partial charge on any atom is 0.544 e. The van der Waals surface area contributed by atoms with Crippen LogP contribution in [0.5, 0.6) is 0 Å². The number of amides is 2. The van der Waals surface area contributed by atoms with Crippen LogP contribution in [0.25, 0.3) is 0 Å². The van der Waals surface area contributed by atoms with Crippen LogP contribution in [-0.2, 0) is 16.0 Å². The summed E-state index contributed by atoms with van der Waals surface area (Å²) in [6.07, 6.45) is 2.63. The largest absolute Gasteiger partial charge is 0.544 e. The van der Waals surface area contributed by atoms with Gasteiger partial charge in [0, 0.05) is 30.4 Å². The molecule has 2 N–H and O–H groups in total. The Morgan fingerprint density at radius 2 is 1.77 bits per heavy atom. The monoisotopic (exact) mass is 359 g/mol. The molecule has 0 saturated heterocycles. The highest BCUT2D eigenvalue weighted by Gasteiger charge is 2.65. The number of nitrogens with zero attached hydrogens (tertiary/aromatic N) is 2. The molecule has 3 atom stereocenters. The van der Waals surface area contributed by atoms with E-state index in [4.69, 9.17) is 5.11 Å². The van der Waals surface area contributed by atoms with Gasteiger partial charge in [-0.25, -0.2) is 0 Å². The first-order valence-electron chi connectivity index (χ1n) is 9.21. The number of fused-ring (bicyclic) bond motifs is 2. The van der Waals surface area contributed by atoms with Crippen LogP contribution < -0.4 is 4.59 Å². The number of rotatable bonds is 4. The van der Waals surface area contributed by atoms with E-state index in [2.05, 4.69) is 0 Å². The van der Waals surface area contributed by atoms with E-state index in [1.165, 1.54) is 5.01 Å². The summed E-state index contributed by atoms with van der Waals surface area (Å²) in [5.74, 6) is -1.18. The minimum Gasteiger partial charge on any atom is -0.481 e. The number of hydrogen-bond acceptors (Lipinski definition) is 3. The predicted octanol–water partition coefficient (Wildman–Crippen LogP) is 2.78. The summed E-state index contributed by atoms with van der Waals surface area (Å²) in [6, 6.07) is 7.21. The van der Waals surface area contributed by atoms with Crippen molar-refractivity contribution < 1.29 is 24.6 Å². The molecule has 26 heavy (non-hydrogen) atoms. The first-order valence-corrected chi connectivity index (χ1v) is 9.21. The molecule has 2 fully saturated rings. The Bertz CT molecular complexity index is 775. The Hall–Kier alpha value is -2.41. The second kappa shape index (κ2) is 6.09. The van der Waals surface area contributed by atoms with Gasteiger partial charge in [0.2, 0.25) is 0 Å². The van der Waals surface area contributed by atoms with Crippen molar-refractivity contribution in [2.75, 3.05) is 0 Å². The lowest BCUT2D eigenvalue weighted by Crippen LogP contribution is -2.77. The molecular weight excluding hydrogens is 336 g/mol. The SMILES string of the molecule is O=C(O)CCC(=O)N(C1CC1)[N+]1(C(=O)O)c2ccccc2C[C@H]2CC[C@H]21. The Kier molecular flexibility index (Phi) is 3.99. The summed E-state index contributed by atoms with van der Waals surface area (Å²) >= 11 is 0. The van der Waals surface area contributed by atoms with E-state index in [-0.39, 0.29) is 36.8 Å². The molecule has 0 bridgehead atoms. The molecule has 2 amide bonds. The molecule has 1 unspecified atom stereocenters. The minimum atomic E-state index is -1.04. The first-order chi connectivity index (χ1) is 12.5. The Morgan fingerprint density at radius 3 is 2.35 bits per heavy atom. The lowest BCUT2D eigenvalue weighted by atomic mass is 9.71. The lowest BCUT2D eigenvalue weighted by Gasteiger charge is -2.54. The quantitative estimate of drug-likeness (QED) is 0.806. The highest BCUT2D eigenvalue weighted by Crippen LogP contribution is 2.52. The maximum absolute atomic E-state index is 13.0. The van der Waals surface area contributed by atoms with Crippen LogP contribution >= 0.6 is 0 Å². The molecule has 2 aliphatic carbocycles. The number of aliphatic carboxylic acids is 1. The predicted molar refractivity (Wildman–Crippen MR) is 93.2 cm³/mol. The molecule has 1 aromatic carbocycles. The summed E-state index contributed by atoms with van der Waals surface area (Å²) in [5.41, 5.74) is 1.64. The maximum atomic E-state index is 13.0. The van der Waals surface area contributed by atoms with Gasteiger partial charge in [0.1, 0.15) is 6.04 Å². The van der Waals surface area contributed by atoms with E-state index < -0.39 is 16.7 Å². The second-order valence-electron chi connectivity index (χ2n) is 7.57. The van der Waals surface area contributed by atoms with Crippen LogP contribution in [0.3, 0.4) is 0 Å². The van der Waals surface area contributed by atoms with E-state index in [0.717, 1.165) is 37.7 Å². The third kappa shape index (κ3) is 2.41. The van der Waals surface area contributed by atoms with E-state index in [9.17, 15) is 19.5 Å². The van der Waals surface area contributed by atoms with Crippen molar-refractivity contribution in [3.05, 3.63) is 29.8 Å². The molecule has 7 nitrogen and oxygen atoms in total. The van der Waals surface area contributed by atoms with Crippen molar-refractivity contribution in [1.82, 2.24) is 9.60 Å². The molecule has 7 heteroatoms. The molecule has 1 aliphatic heterocycles. The third-order valence-corrected chi connectivity index (χ3v) is 6.03. The minimum absolute atomic E-state index is 0.125. The van der Waals surface area contributed by atoms with Crippen LogP contribution in [0.15, 0.2) is 24.3 Å². The Labute approximate surface area is 151 Å². The fourth-order valence-corrected chi connectivity index (χ4v) is 4.66. The van der Waals surface area contributed by atoms with Crippen molar-refractivity contribution in [3.8, 4) is 0 Å². The number of hydrogen-bond donors (Lipinski definition) is 2. The fraction of sp³-hybridized carbons (Fsp3) is 0.526. The summed E-state index contributed by atoms with van der Waals surface area (Å²) in [5, 5.41) is 20.8. The number of carboxylic acids is 1. The zero-order chi connectivity index (χ0) is 18.5. The van der Waals surface area contributed by atoms with Crippen LogP contribution in [-0.4, -0.2) is 45.3 Å². The zero-order valence-electron chi connectivity index (χ0n) is 14.5. The van der Waals surface area contributed by atoms with Gasteiger partial charge in [-0.05, 0) is 25.7 Å². The number of para-hydroxylation sites is 1. The third-order valence-electron chi connectivity index (χ3n) is 6.03. The average Bonchev–Trinajstić information content (AvgIpc) is 3.40. The molecule has 0 radical (unpaired) electrons. The van der Waals surface area contributed by atoms with E-state index in [0.29, 0.717) is 5.69 Å². The van der Waals surface area contributed by atoms with Gasteiger partial charge in [-0.15, -0.1) is 0 Å². The van der Waals surface area contributed by atoms with Gasteiger partial charge in [-0.3, -0.25) is 9.59 Å². The van der Waals surface area contributed by atoms with Crippen molar-refractivity contribution >= 4 is 23.7 Å². The van der Waals surface area contributed by atoms with Crippen molar-refractivity contribution in [1.29, 1.82) is 0 Å². The van der Waals surface area contributed by atoms with Crippen LogP contribution in [0.2, 0.25) is 0 Å². The van der Waals surface area contributed by atoms with Gasteiger partial charge in [-0.2, -0.15) is 9.80 Å². The van der Waals surface area contributed by atoms with Gasteiger partial charge < -0.3 is 10.2 Å². The number of carbonyl (C=O) groups is 3. The molecule has 0 aromatic heterocycles. The standard InChI is InChI=1S/C19H22N2O5/c22-17(9-10-18(23)24)20(14-6-7-14)21(19(25)26)15-4-2-1-3-12(15)11-13-5-8-16(13)21/h1-4,13-14,16H,5-11H2,(H-,23,24,25,26)/p+1/t13-,16-,21?/m1/s1. The first kappa shape index (κ1) is 17.0. The Morgan fingerprint density at radius 1 is 1.04 bits per heavy atom. The molecular formula is C19H23N2O5+. The zero-order valence-corrected chi connectivity index (χ0v) is 14.5. The number of benzene rings is 1. The van der Waals surface area contributed by atoms with Gasteiger partial charge >= 0.3 is 12.1 Å². The van der Waals surface area contributed by atoms with Gasteiger partial charge in [0.25, 0.3) is 5.91 Å². The van der Waals surface area contributed by atoms with Crippen molar-refractivity contribution in [3.63, 3.8) is 0 Å². The average molecular weight is 359 g/mol. The molecule has 4 rings (SSSR count). The molecule has 1 aromatic rings. The summed E-state index contributed by atoms with van der Waals surface area (Å²) < 4.78 is -0.468. The van der Waals surface area contributed by atoms with Crippen LogP contribution in [0, 0.1) is 5.92 Å². The van der Waals surface area contributed by atoms with Crippen LogP contribution in [0.4, 0.5) is 10.5 Å². The summed E-state index contributed by atoms with van der Waals surface area (Å²) in [7, 11) is 0. The Balaban J connectivity index is 1.83. The van der Waals surface area contributed by atoms with Crippen molar-refractivity contribution in [2.45, 2.75) is 57.0 Å². The molecule has 0 spiro atoms. The molecule has 1 heterocycles. The highest BCUT2D eigenvalue weighted by atomic mass is 16.4.